The maximum Gasteiger partial charge on any atom is 0.293 e. The Morgan fingerprint density at radius 1 is 1.32 bits per heavy atom. The van der Waals surface area contributed by atoms with E-state index in [1.165, 1.54) is 0 Å². The minimum absolute atomic E-state index is 0.0510. The minimum Gasteiger partial charge on any atom is -0.363 e. The molecule has 0 saturated heterocycles. The van der Waals surface area contributed by atoms with Gasteiger partial charge in [0.15, 0.2) is 5.82 Å². The summed E-state index contributed by atoms with van der Waals surface area (Å²) >= 11 is 0. The summed E-state index contributed by atoms with van der Waals surface area (Å²) in [4.78, 5) is 16.6. The number of hydrogen-bond acceptors (Lipinski definition) is 4. The lowest BCUT2D eigenvalue weighted by molar-refractivity contribution is 0.381. The topological polar surface area (TPSA) is 72.9 Å². The maximum absolute atomic E-state index is 12.4. The van der Waals surface area contributed by atoms with Crippen molar-refractivity contribution >= 4 is 5.82 Å². The lowest BCUT2D eigenvalue weighted by Crippen LogP contribution is -2.38. The fourth-order valence-electron chi connectivity index (χ4n) is 2.50. The molecule has 1 aromatic heterocycles. The molecule has 1 fully saturated rings. The van der Waals surface area contributed by atoms with E-state index >= 15 is 0 Å². The largest absolute Gasteiger partial charge is 0.363 e. The third-order valence-corrected chi connectivity index (χ3v) is 3.68. The van der Waals surface area contributed by atoms with Gasteiger partial charge in [0.25, 0.3) is 5.56 Å². The molecular formula is C14H24N4O. The number of aromatic nitrogens is 2. The zero-order chi connectivity index (χ0) is 14.0. The first-order chi connectivity index (χ1) is 8.88. The van der Waals surface area contributed by atoms with E-state index in [0.29, 0.717) is 17.9 Å². The third kappa shape index (κ3) is 3.35. The van der Waals surface area contributed by atoms with Crippen molar-refractivity contribution in [2.75, 3.05) is 5.32 Å². The third-order valence-electron chi connectivity index (χ3n) is 3.68. The lowest BCUT2D eigenvalue weighted by atomic mass is 9.92. The Kier molecular flexibility index (Phi) is 3.94. The summed E-state index contributed by atoms with van der Waals surface area (Å²) < 4.78 is 1.72. The average molecular weight is 264 g/mol. The highest BCUT2D eigenvalue weighted by atomic mass is 16.1. The van der Waals surface area contributed by atoms with Gasteiger partial charge in [-0.2, -0.15) is 0 Å². The Balaban J connectivity index is 2.15. The SMILES string of the molecule is CC(C)(C)n1ccnc(NC2CCC(N)CC2)c1=O. The van der Waals surface area contributed by atoms with Crippen LogP contribution in [0.4, 0.5) is 5.82 Å². The van der Waals surface area contributed by atoms with Gasteiger partial charge in [0.05, 0.1) is 0 Å². The molecule has 0 radical (unpaired) electrons. The standard InChI is InChI=1S/C14H24N4O/c1-14(2,3)18-9-8-16-12(13(18)19)17-11-6-4-10(15)5-7-11/h8-11H,4-7,15H2,1-3H3,(H,16,17). The van der Waals surface area contributed by atoms with E-state index in [4.69, 9.17) is 5.73 Å². The van der Waals surface area contributed by atoms with Crippen LogP contribution in [0, 0.1) is 0 Å². The van der Waals surface area contributed by atoms with E-state index in [1.807, 2.05) is 20.8 Å². The number of rotatable bonds is 2. The molecule has 1 aromatic rings. The van der Waals surface area contributed by atoms with Crippen molar-refractivity contribution in [3.8, 4) is 0 Å². The first kappa shape index (κ1) is 14.1. The molecule has 0 unspecified atom stereocenters. The van der Waals surface area contributed by atoms with Gasteiger partial charge in [-0.3, -0.25) is 4.79 Å². The zero-order valence-corrected chi connectivity index (χ0v) is 12.0. The van der Waals surface area contributed by atoms with E-state index in [1.54, 1.807) is 17.0 Å². The van der Waals surface area contributed by atoms with Crippen LogP contribution in [-0.2, 0) is 5.54 Å². The van der Waals surface area contributed by atoms with Gasteiger partial charge < -0.3 is 15.6 Å². The Labute approximate surface area is 114 Å². The first-order valence-electron chi connectivity index (χ1n) is 6.98. The first-order valence-corrected chi connectivity index (χ1v) is 6.98. The average Bonchev–Trinajstić information content (AvgIpc) is 2.33. The number of anilines is 1. The summed E-state index contributed by atoms with van der Waals surface area (Å²) in [6, 6.07) is 0.629. The van der Waals surface area contributed by atoms with Crippen molar-refractivity contribution in [2.45, 2.75) is 64.1 Å². The van der Waals surface area contributed by atoms with Crippen molar-refractivity contribution in [3.63, 3.8) is 0 Å². The smallest absolute Gasteiger partial charge is 0.293 e. The fraction of sp³-hybridized carbons (Fsp3) is 0.714. The number of nitrogens with two attached hydrogens (primary N) is 1. The quantitative estimate of drug-likeness (QED) is 0.852. The Hall–Kier alpha value is -1.36. The highest BCUT2D eigenvalue weighted by Crippen LogP contribution is 2.19. The molecule has 19 heavy (non-hydrogen) atoms. The predicted octanol–water partition coefficient (Wildman–Crippen LogP) is 1.68. The molecular weight excluding hydrogens is 240 g/mol. The van der Waals surface area contributed by atoms with Crippen LogP contribution in [0.1, 0.15) is 46.5 Å². The van der Waals surface area contributed by atoms with E-state index < -0.39 is 0 Å². The van der Waals surface area contributed by atoms with Crippen LogP contribution in [0.15, 0.2) is 17.2 Å². The second-order valence-corrected chi connectivity index (χ2v) is 6.38. The van der Waals surface area contributed by atoms with Crippen molar-refractivity contribution in [1.29, 1.82) is 0 Å². The Morgan fingerprint density at radius 3 is 2.53 bits per heavy atom. The van der Waals surface area contributed by atoms with Crippen molar-refractivity contribution in [3.05, 3.63) is 22.7 Å². The molecule has 1 aliphatic rings. The molecule has 2 rings (SSSR count). The molecule has 0 bridgehead atoms. The second-order valence-electron chi connectivity index (χ2n) is 6.38. The summed E-state index contributed by atoms with van der Waals surface area (Å²) in [7, 11) is 0. The van der Waals surface area contributed by atoms with Crippen molar-refractivity contribution in [2.24, 2.45) is 5.73 Å². The van der Waals surface area contributed by atoms with Crippen molar-refractivity contribution < 1.29 is 0 Å². The van der Waals surface area contributed by atoms with Crippen LogP contribution in [-0.4, -0.2) is 21.6 Å². The summed E-state index contributed by atoms with van der Waals surface area (Å²) in [5.74, 6) is 0.456. The monoisotopic (exact) mass is 264 g/mol. The van der Waals surface area contributed by atoms with Gasteiger partial charge >= 0.3 is 0 Å². The molecule has 1 aliphatic carbocycles. The van der Waals surface area contributed by atoms with Gasteiger partial charge in [-0.1, -0.05) is 0 Å². The Bertz CT molecular complexity index is 481. The number of nitrogens with zero attached hydrogens (tertiary/aromatic N) is 2. The summed E-state index contributed by atoms with van der Waals surface area (Å²) in [6.45, 7) is 6.04. The van der Waals surface area contributed by atoms with E-state index in [-0.39, 0.29) is 11.1 Å². The van der Waals surface area contributed by atoms with Gasteiger partial charge in [-0.15, -0.1) is 0 Å². The molecule has 0 spiro atoms. The molecule has 0 aromatic carbocycles. The van der Waals surface area contributed by atoms with E-state index in [0.717, 1.165) is 25.7 Å². The van der Waals surface area contributed by atoms with Crippen LogP contribution in [0.3, 0.4) is 0 Å². The molecule has 3 N–H and O–H groups in total. The minimum atomic E-state index is -0.231. The maximum atomic E-state index is 12.4. The van der Waals surface area contributed by atoms with Crippen LogP contribution in [0.5, 0.6) is 0 Å². The zero-order valence-electron chi connectivity index (χ0n) is 12.0. The fourth-order valence-corrected chi connectivity index (χ4v) is 2.50. The lowest BCUT2D eigenvalue weighted by Gasteiger charge is -2.28. The van der Waals surface area contributed by atoms with Crippen LogP contribution in [0.2, 0.25) is 0 Å². The molecule has 1 saturated carbocycles. The van der Waals surface area contributed by atoms with Crippen molar-refractivity contribution in [1.82, 2.24) is 9.55 Å². The number of hydrogen-bond donors (Lipinski definition) is 2. The molecule has 1 heterocycles. The number of nitrogens with one attached hydrogen (secondary N) is 1. The highest BCUT2D eigenvalue weighted by Gasteiger charge is 2.21. The van der Waals surface area contributed by atoms with Crippen LogP contribution >= 0.6 is 0 Å². The highest BCUT2D eigenvalue weighted by molar-refractivity contribution is 5.32. The second kappa shape index (κ2) is 5.33. The molecule has 0 amide bonds. The predicted molar refractivity (Wildman–Crippen MR) is 77.3 cm³/mol. The Morgan fingerprint density at radius 2 is 1.95 bits per heavy atom. The molecule has 106 valence electrons. The molecule has 0 aliphatic heterocycles. The summed E-state index contributed by atoms with van der Waals surface area (Å²) in [5, 5.41) is 3.28. The van der Waals surface area contributed by atoms with E-state index in [9.17, 15) is 4.79 Å². The summed E-state index contributed by atoms with van der Waals surface area (Å²) in [5.41, 5.74) is 5.61. The van der Waals surface area contributed by atoms with Gasteiger partial charge in [0.1, 0.15) is 0 Å². The molecule has 5 heteroatoms. The summed E-state index contributed by atoms with van der Waals surface area (Å²) in [6.07, 6.45) is 7.46. The normalized spacial score (nSPS) is 24.2. The van der Waals surface area contributed by atoms with E-state index in [2.05, 4.69) is 10.3 Å². The van der Waals surface area contributed by atoms with Gasteiger partial charge in [0.2, 0.25) is 0 Å². The molecule has 5 nitrogen and oxygen atoms in total. The van der Waals surface area contributed by atoms with Gasteiger partial charge in [-0.05, 0) is 46.5 Å². The van der Waals surface area contributed by atoms with Gasteiger partial charge in [-0.25, -0.2) is 4.98 Å². The van der Waals surface area contributed by atoms with Crippen LogP contribution in [0.25, 0.3) is 0 Å². The molecule has 0 atom stereocenters. The van der Waals surface area contributed by atoms with Gasteiger partial charge in [0, 0.05) is 30.0 Å². The van der Waals surface area contributed by atoms with Crippen LogP contribution < -0.4 is 16.6 Å².